The molecule has 3 nitrogen and oxygen atoms in total. The van der Waals surface area contributed by atoms with E-state index < -0.39 is 20.1 Å². The van der Waals surface area contributed by atoms with E-state index in [1.807, 2.05) is 19.3 Å². The van der Waals surface area contributed by atoms with Crippen molar-refractivity contribution in [2.45, 2.75) is 13.3 Å². The summed E-state index contributed by atoms with van der Waals surface area (Å²) < 4.78 is 1.81. The molecule has 0 aromatic carbocycles. The number of rotatable bonds is 2. The van der Waals surface area contributed by atoms with Gasteiger partial charge in [0.1, 0.15) is 0 Å². The molecule has 16 heavy (non-hydrogen) atoms. The Bertz CT molecular complexity index is 384. The number of quaternary nitrogens is 1. The molecule has 0 bridgehead atoms. The third-order valence-corrected chi connectivity index (χ3v) is 6.87. The average Bonchev–Trinajstić information content (AvgIpc) is 2.30. The van der Waals surface area contributed by atoms with Crippen LogP contribution in [0.4, 0.5) is 0 Å². The molecule has 0 aliphatic carbocycles. The van der Waals surface area contributed by atoms with Crippen LogP contribution in [-0.4, -0.2) is 32.9 Å². The predicted octanol–water partition coefficient (Wildman–Crippen LogP) is 1.14. The van der Waals surface area contributed by atoms with Gasteiger partial charge in [-0.05, 0) is 0 Å². The SMILES string of the molecule is Cc1cnc(C2=CC[NH+](I(C)C)CC2)nc1. The molecule has 4 heteroatoms. The van der Waals surface area contributed by atoms with E-state index in [1.165, 1.54) is 18.7 Å². The van der Waals surface area contributed by atoms with E-state index >= 15 is 0 Å². The van der Waals surface area contributed by atoms with E-state index in [2.05, 4.69) is 25.9 Å². The molecular weight excluding hydrogens is 313 g/mol. The number of halogens is 1. The van der Waals surface area contributed by atoms with Gasteiger partial charge in [-0.1, -0.05) is 0 Å². The summed E-state index contributed by atoms with van der Waals surface area (Å²) in [6, 6.07) is 0. The Morgan fingerprint density at radius 2 is 1.94 bits per heavy atom. The Hall–Kier alpha value is -0.490. The molecule has 2 rings (SSSR count). The Labute approximate surface area is 105 Å². The average molecular weight is 332 g/mol. The fraction of sp³-hybridized carbons (Fsp3) is 0.500. The van der Waals surface area contributed by atoms with Crippen molar-refractivity contribution in [3.63, 3.8) is 0 Å². The second kappa shape index (κ2) is 5.23. The van der Waals surface area contributed by atoms with Crippen LogP contribution < -0.4 is 3.11 Å². The minimum absolute atomic E-state index is 0.711. The van der Waals surface area contributed by atoms with Crippen LogP contribution in [0.25, 0.3) is 5.57 Å². The van der Waals surface area contributed by atoms with Crippen molar-refractivity contribution < 1.29 is 3.11 Å². The van der Waals surface area contributed by atoms with Gasteiger partial charge in [0.15, 0.2) is 0 Å². The summed E-state index contributed by atoms with van der Waals surface area (Å²) in [5, 5.41) is 0. The van der Waals surface area contributed by atoms with E-state index in [-0.39, 0.29) is 0 Å². The molecule has 1 atom stereocenters. The minimum atomic E-state index is -0.711. The molecule has 0 saturated carbocycles. The predicted molar refractivity (Wildman–Crippen MR) is 75.9 cm³/mol. The van der Waals surface area contributed by atoms with Gasteiger partial charge >= 0.3 is 105 Å². The first-order chi connectivity index (χ1) is 7.66. The molecule has 0 spiro atoms. The quantitative estimate of drug-likeness (QED) is 0.500. The second-order valence-electron chi connectivity index (χ2n) is 4.29. The molecule has 0 saturated heterocycles. The summed E-state index contributed by atoms with van der Waals surface area (Å²) in [5.41, 5.74) is 2.46. The first kappa shape index (κ1) is 12.0. The summed E-state index contributed by atoms with van der Waals surface area (Å²) in [5.74, 6) is 0.928. The van der Waals surface area contributed by atoms with Crippen molar-refractivity contribution in [1.82, 2.24) is 9.97 Å². The fourth-order valence-corrected chi connectivity index (χ4v) is 4.26. The molecule has 1 aliphatic heterocycles. The Balaban J connectivity index is 2.10. The summed E-state index contributed by atoms with van der Waals surface area (Å²) in [6.45, 7) is 4.46. The third kappa shape index (κ3) is 2.79. The van der Waals surface area contributed by atoms with Crippen LogP contribution in [0.3, 0.4) is 0 Å². The topological polar surface area (TPSA) is 30.2 Å². The van der Waals surface area contributed by atoms with Crippen molar-refractivity contribution in [1.29, 1.82) is 0 Å². The number of aryl methyl sites for hydroxylation is 1. The van der Waals surface area contributed by atoms with Crippen molar-refractivity contribution in [2.75, 3.05) is 23.0 Å². The molecule has 0 fully saturated rings. The van der Waals surface area contributed by atoms with Gasteiger partial charge in [-0.15, -0.1) is 0 Å². The van der Waals surface area contributed by atoms with Crippen molar-refractivity contribution in [3.8, 4) is 0 Å². The number of alkyl halides is 2. The summed E-state index contributed by atoms with van der Waals surface area (Å²) in [6.07, 6.45) is 7.27. The Kier molecular flexibility index (Phi) is 3.91. The first-order valence-corrected chi connectivity index (χ1v) is 10.9. The van der Waals surface area contributed by atoms with E-state index in [9.17, 15) is 0 Å². The van der Waals surface area contributed by atoms with Gasteiger partial charge in [0.05, 0.1) is 0 Å². The molecule has 0 radical (unpaired) electrons. The van der Waals surface area contributed by atoms with E-state index in [0.717, 1.165) is 17.8 Å². The van der Waals surface area contributed by atoms with Gasteiger partial charge in [-0.3, -0.25) is 0 Å². The van der Waals surface area contributed by atoms with Gasteiger partial charge in [0.2, 0.25) is 0 Å². The molecule has 1 N–H and O–H groups in total. The van der Waals surface area contributed by atoms with E-state index in [0.29, 0.717) is 0 Å². The van der Waals surface area contributed by atoms with Crippen molar-refractivity contribution in [3.05, 3.63) is 29.9 Å². The van der Waals surface area contributed by atoms with E-state index in [4.69, 9.17) is 0 Å². The van der Waals surface area contributed by atoms with Gasteiger partial charge in [0, 0.05) is 0 Å². The maximum atomic E-state index is 4.40. The monoisotopic (exact) mass is 332 g/mol. The zero-order valence-corrected chi connectivity index (χ0v) is 12.3. The first-order valence-electron chi connectivity index (χ1n) is 5.49. The van der Waals surface area contributed by atoms with Crippen LogP contribution in [0, 0.1) is 6.92 Å². The number of nitrogens with zero attached hydrogens (tertiary/aromatic N) is 2. The number of nitrogens with one attached hydrogen (secondary N) is 1. The normalized spacial score (nSPS) is 21.6. The molecule has 2 heterocycles. The van der Waals surface area contributed by atoms with Crippen LogP contribution in [0.5, 0.6) is 0 Å². The van der Waals surface area contributed by atoms with Crippen LogP contribution in [-0.2, 0) is 0 Å². The van der Waals surface area contributed by atoms with Gasteiger partial charge in [0.25, 0.3) is 0 Å². The van der Waals surface area contributed by atoms with Crippen LogP contribution in [0.1, 0.15) is 17.8 Å². The van der Waals surface area contributed by atoms with Crippen LogP contribution in [0.15, 0.2) is 18.5 Å². The van der Waals surface area contributed by atoms with E-state index in [1.54, 1.807) is 3.11 Å². The summed E-state index contributed by atoms with van der Waals surface area (Å²) >= 11 is -0.711. The molecular formula is C12H19IN3+. The number of hydrogen-bond donors (Lipinski definition) is 1. The zero-order valence-electron chi connectivity index (χ0n) is 10.1. The maximum absolute atomic E-state index is 4.40. The zero-order chi connectivity index (χ0) is 11.5. The van der Waals surface area contributed by atoms with Crippen LogP contribution in [0.2, 0.25) is 0 Å². The Morgan fingerprint density at radius 1 is 1.25 bits per heavy atom. The fourth-order valence-electron chi connectivity index (χ4n) is 1.81. The van der Waals surface area contributed by atoms with Crippen molar-refractivity contribution in [2.24, 2.45) is 0 Å². The molecule has 88 valence electrons. The van der Waals surface area contributed by atoms with Crippen LogP contribution >= 0.6 is 20.1 Å². The molecule has 0 amide bonds. The van der Waals surface area contributed by atoms with Gasteiger partial charge in [-0.25, -0.2) is 0 Å². The molecule has 1 aliphatic rings. The third-order valence-electron chi connectivity index (χ3n) is 2.84. The second-order valence-corrected chi connectivity index (χ2v) is 10.1. The molecule has 1 unspecified atom stereocenters. The molecule has 1 aromatic rings. The van der Waals surface area contributed by atoms with Gasteiger partial charge < -0.3 is 0 Å². The molecule has 1 aromatic heterocycles. The summed E-state index contributed by atoms with van der Waals surface area (Å²) in [4.78, 5) is 13.7. The van der Waals surface area contributed by atoms with Gasteiger partial charge in [-0.2, -0.15) is 0 Å². The number of aromatic nitrogens is 2. The standard InChI is InChI=1S/C12H18IN3/c1-10-8-14-12(15-9-10)11-4-6-16(7-5-11)13(2)3/h4,8-9H,5-7H2,1-3H3/p+1. The summed E-state index contributed by atoms with van der Waals surface area (Å²) in [7, 11) is 0. The Morgan fingerprint density at radius 3 is 2.44 bits per heavy atom. The number of hydrogen-bond acceptors (Lipinski definition) is 2. The van der Waals surface area contributed by atoms with Crippen molar-refractivity contribution >= 4 is 25.7 Å².